The average molecular weight is 505 g/mol. The summed E-state index contributed by atoms with van der Waals surface area (Å²) in [6.45, 7) is 1.09. The van der Waals surface area contributed by atoms with Crippen LogP contribution in [-0.2, 0) is 20.9 Å². The van der Waals surface area contributed by atoms with Crippen molar-refractivity contribution in [2.75, 3.05) is 4.90 Å². The number of rotatable bonds is 7. The van der Waals surface area contributed by atoms with Gasteiger partial charge in [-0.3, -0.25) is 29.3 Å². The third-order valence-electron chi connectivity index (χ3n) is 5.69. The van der Waals surface area contributed by atoms with Crippen LogP contribution in [-0.4, -0.2) is 39.6 Å². The van der Waals surface area contributed by atoms with Crippen LogP contribution in [0.3, 0.4) is 0 Å². The summed E-state index contributed by atoms with van der Waals surface area (Å²) in [5.74, 6) is -2.73. The van der Waals surface area contributed by atoms with E-state index in [0.29, 0.717) is 5.56 Å². The number of anilines is 1. The van der Waals surface area contributed by atoms with Crippen LogP contribution in [0.2, 0.25) is 0 Å². The maximum Gasteiger partial charge on any atom is 0.308 e. The number of amides is 3. The van der Waals surface area contributed by atoms with E-state index in [2.05, 4.69) is 0 Å². The fourth-order valence-corrected chi connectivity index (χ4v) is 3.99. The van der Waals surface area contributed by atoms with Crippen molar-refractivity contribution >= 4 is 35.1 Å². The van der Waals surface area contributed by atoms with Gasteiger partial charge in [0.2, 0.25) is 5.91 Å². The molecule has 37 heavy (non-hydrogen) atoms. The van der Waals surface area contributed by atoms with Crippen LogP contribution in [0.4, 0.5) is 15.8 Å². The molecule has 0 saturated carbocycles. The lowest BCUT2D eigenvalue weighted by Crippen LogP contribution is -2.45. The molecule has 1 saturated heterocycles. The average Bonchev–Trinajstić information content (AvgIpc) is 3.17. The van der Waals surface area contributed by atoms with Gasteiger partial charge in [-0.1, -0.05) is 18.2 Å². The lowest BCUT2D eigenvalue weighted by atomic mass is 10.1. The minimum Gasteiger partial charge on any atom is -0.427 e. The number of carbonyl (C=O) groups excluding carboxylic acids is 4. The first-order valence-corrected chi connectivity index (χ1v) is 11.1. The molecule has 1 aliphatic heterocycles. The number of nitro groups is 1. The van der Waals surface area contributed by atoms with Gasteiger partial charge >= 0.3 is 5.97 Å². The molecule has 188 valence electrons. The number of ether oxygens (including phenoxy) is 1. The number of imide groups is 1. The smallest absolute Gasteiger partial charge is 0.308 e. The van der Waals surface area contributed by atoms with Crippen molar-refractivity contribution < 1.29 is 33.2 Å². The predicted octanol–water partition coefficient (Wildman–Crippen LogP) is 3.63. The van der Waals surface area contributed by atoms with Gasteiger partial charge in [0.25, 0.3) is 17.5 Å². The van der Waals surface area contributed by atoms with Crippen molar-refractivity contribution in [3.63, 3.8) is 0 Å². The Morgan fingerprint density at radius 2 is 1.76 bits per heavy atom. The molecule has 1 heterocycles. The number of hydrogen-bond donors (Lipinski definition) is 0. The molecule has 10 nitrogen and oxygen atoms in total. The van der Waals surface area contributed by atoms with Crippen molar-refractivity contribution in [3.8, 4) is 5.75 Å². The zero-order valence-corrected chi connectivity index (χ0v) is 19.5. The van der Waals surface area contributed by atoms with Gasteiger partial charge in [-0.25, -0.2) is 9.29 Å². The van der Waals surface area contributed by atoms with E-state index in [1.165, 1.54) is 73.7 Å². The van der Waals surface area contributed by atoms with Gasteiger partial charge in [0.1, 0.15) is 17.6 Å². The molecule has 0 aliphatic carbocycles. The van der Waals surface area contributed by atoms with Gasteiger partial charge in [0.15, 0.2) is 0 Å². The monoisotopic (exact) mass is 505 g/mol. The van der Waals surface area contributed by atoms with Gasteiger partial charge < -0.3 is 9.64 Å². The second-order valence-electron chi connectivity index (χ2n) is 8.24. The van der Waals surface area contributed by atoms with E-state index in [-0.39, 0.29) is 35.7 Å². The Labute approximate surface area is 210 Å². The Morgan fingerprint density at radius 1 is 1.08 bits per heavy atom. The molecular weight excluding hydrogens is 485 g/mol. The standard InChI is InChI=1S/C26H20FN3O7/c1-16(31)37-22-11-9-20(10-12-22)29-24(32)14-23(26(29)34)28(15-17-5-7-19(27)8-6-17)25(33)18-3-2-4-21(13-18)30(35)36/h2-13,23H,14-15H2,1H3. The highest BCUT2D eigenvalue weighted by molar-refractivity contribution is 6.23. The fraction of sp³-hybridized carbons (Fsp3) is 0.154. The molecule has 3 aromatic rings. The molecule has 1 atom stereocenters. The van der Waals surface area contributed by atoms with E-state index in [4.69, 9.17) is 4.74 Å². The number of nitrogens with zero attached hydrogens (tertiary/aromatic N) is 3. The fourth-order valence-electron chi connectivity index (χ4n) is 3.99. The Bertz CT molecular complexity index is 1390. The number of non-ortho nitro benzene ring substituents is 1. The highest BCUT2D eigenvalue weighted by Gasteiger charge is 2.44. The molecule has 3 amide bonds. The summed E-state index contributed by atoms with van der Waals surface area (Å²) >= 11 is 0. The molecule has 0 bridgehead atoms. The highest BCUT2D eigenvalue weighted by Crippen LogP contribution is 2.29. The first-order chi connectivity index (χ1) is 17.6. The van der Waals surface area contributed by atoms with Crippen LogP contribution in [0.5, 0.6) is 5.75 Å². The van der Waals surface area contributed by atoms with Crippen LogP contribution in [0.1, 0.15) is 29.3 Å². The van der Waals surface area contributed by atoms with Crippen molar-refractivity contribution in [2.45, 2.75) is 25.9 Å². The quantitative estimate of drug-likeness (QED) is 0.158. The van der Waals surface area contributed by atoms with Crippen LogP contribution in [0.15, 0.2) is 72.8 Å². The molecule has 11 heteroatoms. The van der Waals surface area contributed by atoms with E-state index >= 15 is 0 Å². The molecule has 1 unspecified atom stereocenters. The molecule has 1 aliphatic rings. The lowest BCUT2D eigenvalue weighted by Gasteiger charge is -2.28. The van der Waals surface area contributed by atoms with E-state index in [1.54, 1.807) is 0 Å². The van der Waals surface area contributed by atoms with Gasteiger partial charge in [-0.2, -0.15) is 0 Å². The van der Waals surface area contributed by atoms with Crippen LogP contribution in [0, 0.1) is 15.9 Å². The minimum atomic E-state index is -1.21. The number of hydrogen-bond acceptors (Lipinski definition) is 7. The number of nitro benzene ring substituents is 1. The zero-order valence-electron chi connectivity index (χ0n) is 19.5. The summed E-state index contributed by atoms with van der Waals surface area (Å²) < 4.78 is 18.4. The first kappa shape index (κ1) is 25.2. The summed E-state index contributed by atoms with van der Waals surface area (Å²) in [7, 11) is 0. The Kier molecular flexibility index (Phi) is 7.05. The van der Waals surface area contributed by atoms with Crippen molar-refractivity contribution in [1.29, 1.82) is 0 Å². The van der Waals surface area contributed by atoms with Crippen LogP contribution < -0.4 is 9.64 Å². The Balaban J connectivity index is 1.67. The van der Waals surface area contributed by atoms with Gasteiger partial charge in [0.05, 0.1) is 17.0 Å². The molecular formula is C26H20FN3O7. The summed E-state index contributed by atoms with van der Waals surface area (Å²) in [6, 6.07) is 14.8. The van der Waals surface area contributed by atoms with E-state index in [9.17, 15) is 33.7 Å². The number of halogens is 1. The SMILES string of the molecule is CC(=O)Oc1ccc(N2C(=O)CC(N(Cc3ccc(F)cc3)C(=O)c3cccc([N+](=O)[O-])c3)C2=O)cc1. The maximum absolute atomic E-state index is 13.5. The van der Waals surface area contributed by atoms with Gasteiger partial charge in [-0.15, -0.1) is 0 Å². The predicted molar refractivity (Wildman–Crippen MR) is 128 cm³/mol. The summed E-state index contributed by atoms with van der Waals surface area (Å²) in [6.07, 6.45) is -0.327. The minimum absolute atomic E-state index is 0.0410. The molecule has 0 N–H and O–H groups in total. The first-order valence-electron chi connectivity index (χ1n) is 11.1. The lowest BCUT2D eigenvalue weighted by molar-refractivity contribution is -0.384. The molecule has 0 aromatic heterocycles. The molecule has 0 spiro atoms. The van der Waals surface area contributed by atoms with Crippen LogP contribution >= 0.6 is 0 Å². The second kappa shape index (κ2) is 10.4. The summed E-state index contributed by atoms with van der Waals surface area (Å²) in [5, 5.41) is 11.2. The van der Waals surface area contributed by atoms with Crippen molar-refractivity contribution in [2.24, 2.45) is 0 Å². The molecule has 3 aromatic carbocycles. The molecule has 0 radical (unpaired) electrons. The number of esters is 1. The third-order valence-corrected chi connectivity index (χ3v) is 5.69. The molecule has 4 rings (SSSR count). The highest BCUT2D eigenvalue weighted by atomic mass is 19.1. The van der Waals surface area contributed by atoms with E-state index in [0.717, 1.165) is 15.9 Å². The largest absolute Gasteiger partial charge is 0.427 e. The van der Waals surface area contributed by atoms with E-state index in [1.807, 2.05) is 0 Å². The maximum atomic E-state index is 13.5. The normalized spacial score (nSPS) is 15.0. The van der Waals surface area contributed by atoms with Gasteiger partial charge in [0, 0.05) is 31.2 Å². The van der Waals surface area contributed by atoms with Crippen molar-refractivity contribution in [3.05, 3.63) is 99.9 Å². The van der Waals surface area contributed by atoms with Gasteiger partial charge in [-0.05, 0) is 48.0 Å². The summed E-state index contributed by atoms with van der Waals surface area (Å²) in [4.78, 5) is 63.7. The van der Waals surface area contributed by atoms with Crippen molar-refractivity contribution in [1.82, 2.24) is 4.90 Å². The Morgan fingerprint density at radius 3 is 2.38 bits per heavy atom. The number of carbonyl (C=O) groups is 4. The number of benzene rings is 3. The van der Waals surface area contributed by atoms with E-state index < -0.39 is 40.5 Å². The third kappa shape index (κ3) is 5.50. The molecule has 1 fully saturated rings. The van der Waals surface area contributed by atoms with Crippen LogP contribution in [0.25, 0.3) is 0 Å². The summed E-state index contributed by atoms with van der Waals surface area (Å²) in [5.41, 5.74) is 0.360. The second-order valence-corrected chi connectivity index (χ2v) is 8.24. The zero-order chi connectivity index (χ0) is 26.7. The Hall–Kier alpha value is -4.93. The topological polar surface area (TPSA) is 127 Å².